The predicted octanol–water partition coefficient (Wildman–Crippen LogP) is 8.76. The fraction of sp³-hybridized carbons (Fsp3) is 0.191. The number of aliphatic carboxylic acids is 1. The standard InChI is InChI=1S/C47H38Cl2N4O6/c48-39-17-8-31(19-40(39)49)27-57-38-15-13-34(14-16-38)45-28-58-43-22-35-21-42(53(25-36(35)23-44(43)59-45)26-37-3-1-2-18-51-37)46(54)52-41(47(55)56)20-29-4-9-32(10-5-29)33-11-6-30(24-50)7-12-33/h1-19,22-23,41-42,45H,20-21,25-28H2,(H,52,54)(H,55,56)/t41?,42-,45+/m0/s1. The second-order valence-electron chi connectivity index (χ2n) is 14.5. The van der Waals surface area contributed by atoms with E-state index in [1.54, 1.807) is 30.5 Å². The molecule has 0 fully saturated rings. The maximum absolute atomic E-state index is 14.1. The average molecular weight is 826 g/mol. The van der Waals surface area contributed by atoms with Crippen LogP contribution in [0.2, 0.25) is 10.0 Å². The molecule has 2 N–H and O–H groups in total. The van der Waals surface area contributed by atoms with Gasteiger partial charge in [0, 0.05) is 25.7 Å². The Labute approximate surface area is 351 Å². The van der Waals surface area contributed by atoms with Crippen LogP contribution < -0.4 is 19.5 Å². The number of nitrogens with zero attached hydrogens (tertiary/aromatic N) is 3. The fourth-order valence-corrected chi connectivity index (χ4v) is 7.66. The Hall–Kier alpha value is -6.38. The number of benzene rings is 5. The molecule has 12 heteroatoms. The van der Waals surface area contributed by atoms with Crippen molar-refractivity contribution in [2.75, 3.05) is 6.61 Å². The van der Waals surface area contributed by atoms with Gasteiger partial charge < -0.3 is 24.6 Å². The molecule has 1 aromatic heterocycles. The van der Waals surface area contributed by atoms with Crippen LogP contribution in [0.5, 0.6) is 17.2 Å². The van der Waals surface area contributed by atoms with Crippen LogP contribution in [-0.2, 0) is 42.1 Å². The Morgan fingerprint density at radius 1 is 0.881 bits per heavy atom. The van der Waals surface area contributed by atoms with Gasteiger partial charge in [-0.3, -0.25) is 14.7 Å². The van der Waals surface area contributed by atoms with Crippen LogP contribution >= 0.6 is 23.2 Å². The molecule has 8 rings (SSSR count). The minimum atomic E-state index is -1.15. The molecule has 0 saturated heterocycles. The van der Waals surface area contributed by atoms with E-state index in [2.05, 4.69) is 16.4 Å². The summed E-state index contributed by atoms with van der Waals surface area (Å²) in [4.78, 5) is 33.2. The van der Waals surface area contributed by atoms with E-state index in [1.807, 2.05) is 102 Å². The van der Waals surface area contributed by atoms with Gasteiger partial charge in [0.15, 0.2) is 17.6 Å². The van der Waals surface area contributed by atoms with E-state index in [1.165, 1.54) is 0 Å². The normalized spacial score (nSPS) is 16.3. The molecule has 0 bridgehead atoms. The van der Waals surface area contributed by atoms with E-state index >= 15 is 0 Å². The van der Waals surface area contributed by atoms with Gasteiger partial charge in [0.1, 0.15) is 25.0 Å². The lowest BCUT2D eigenvalue weighted by atomic mass is 9.92. The number of amides is 1. The minimum absolute atomic E-state index is 0.104. The van der Waals surface area contributed by atoms with E-state index in [4.69, 9.17) is 42.7 Å². The van der Waals surface area contributed by atoms with Crippen molar-refractivity contribution in [2.45, 2.75) is 50.7 Å². The number of hydrogen-bond donors (Lipinski definition) is 2. The maximum atomic E-state index is 14.1. The Morgan fingerprint density at radius 2 is 1.61 bits per heavy atom. The molecule has 10 nitrogen and oxygen atoms in total. The highest BCUT2D eigenvalue weighted by Gasteiger charge is 2.36. The highest BCUT2D eigenvalue weighted by Crippen LogP contribution is 2.41. The van der Waals surface area contributed by atoms with Crippen LogP contribution in [-0.4, -0.2) is 45.6 Å². The van der Waals surface area contributed by atoms with Gasteiger partial charge in [0.2, 0.25) is 5.91 Å². The lowest BCUT2D eigenvalue weighted by Crippen LogP contribution is -2.54. The molecule has 3 heterocycles. The summed E-state index contributed by atoms with van der Waals surface area (Å²) < 4.78 is 18.7. The van der Waals surface area contributed by atoms with Gasteiger partial charge in [0.25, 0.3) is 0 Å². The average Bonchev–Trinajstić information content (AvgIpc) is 3.26. The van der Waals surface area contributed by atoms with E-state index in [0.29, 0.717) is 65.6 Å². The number of halogens is 2. The number of pyridine rings is 1. The number of nitrogens with one attached hydrogen (secondary N) is 1. The number of carbonyl (C=O) groups is 2. The van der Waals surface area contributed by atoms with Gasteiger partial charge in [-0.15, -0.1) is 0 Å². The summed E-state index contributed by atoms with van der Waals surface area (Å²) in [5.41, 5.74) is 7.74. The summed E-state index contributed by atoms with van der Waals surface area (Å²) in [6, 6.07) is 37.8. The summed E-state index contributed by atoms with van der Waals surface area (Å²) in [7, 11) is 0. The minimum Gasteiger partial charge on any atom is -0.489 e. The van der Waals surface area contributed by atoms with Crippen LogP contribution in [0.1, 0.15) is 45.2 Å². The number of rotatable bonds is 12. The smallest absolute Gasteiger partial charge is 0.326 e. The van der Waals surface area contributed by atoms with Crippen LogP contribution in [0.4, 0.5) is 0 Å². The third kappa shape index (κ3) is 9.35. The quantitative estimate of drug-likeness (QED) is 0.124. The van der Waals surface area contributed by atoms with Crippen molar-refractivity contribution >= 4 is 35.1 Å². The van der Waals surface area contributed by atoms with E-state index in [-0.39, 0.29) is 18.4 Å². The van der Waals surface area contributed by atoms with Crippen molar-refractivity contribution in [1.82, 2.24) is 15.2 Å². The third-order valence-corrected chi connectivity index (χ3v) is 11.3. The van der Waals surface area contributed by atoms with Crippen LogP contribution in [0.25, 0.3) is 11.1 Å². The maximum Gasteiger partial charge on any atom is 0.326 e. The molecule has 3 atom stereocenters. The second-order valence-corrected chi connectivity index (χ2v) is 15.3. The molecule has 0 radical (unpaired) electrons. The number of ether oxygens (including phenoxy) is 3. The van der Waals surface area contributed by atoms with Crippen molar-refractivity contribution in [3.8, 4) is 34.4 Å². The van der Waals surface area contributed by atoms with Gasteiger partial charge >= 0.3 is 5.97 Å². The van der Waals surface area contributed by atoms with Crippen LogP contribution in [0.15, 0.2) is 128 Å². The molecule has 2 aliphatic heterocycles. The number of carboxylic acids is 1. The second kappa shape index (κ2) is 17.6. The highest BCUT2D eigenvalue weighted by molar-refractivity contribution is 6.42. The van der Waals surface area contributed by atoms with Crippen molar-refractivity contribution < 1.29 is 28.9 Å². The van der Waals surface area contributed by atoms with Gasteiger partial charge in [-0.05, 0) is 106 Å². The molecule has 6 aromatic rings. The zero-order valence-electron chi connectivity index (χ0n) is 31.7. The molecule has 2 aliphatic rings. The number of fused-ring (bicyclic) bond motifs is 2. The zero-order chi connectivity index (χ0) is 40.9. The van der Waals surface area contributed by atoms with E-state index < -0.39 is 18.1 Å². The molecular weight excluding hydrogens is 787 g/mol. The monoisotopic (exact) mass is 824 g/mol. The molecule has 5 aromatic carbocycles. The molecule has 59 heavy (non-hydrogen) atoms. The summed E-state index contributed by atoms with van der Waals surface area (Å²) in [6.45, 7) is 1.42. The zero-order valence-corrected chi connectivity index (χ0v) is 33.2. The molecule has 1 amide bonds. The van der Waals surface area contributed by atoms with Gasteiger partial charge in [-0.1, -0.05) is 83.9 Å². The molecule has 296 valence electrons. The number of hydrogen-bond acceptors (Lipinski definition) is 8. The molecule has 1 unspecified atom stereocenters. The first-order valence-electron chi connectivity index (χ1n) is 19.1. The van der Waals surface area contributed by atoms with Crippen LogP contribution in [0.3, 0.4) is 0 Å². The Bertz CT molecular complexity index is 2510. The van der Waals surface area contributed by atoms with Gasteiger partial charge in [-0.2, -0.15) is 5.26 Å². The van der Waals surface area contributed by atoms with Crippen molar-refractivity contribution in [1.29, 1.82) is 5.26 Å². The SMILES string of the molecule is N#Cc1ccc(-c2ccc(CC(NC(=O)[C@@H]3Cc4cc5c(cc4CN3Cc3ccccn3)O[C@@H](c3ccc(OCc4ccc(Cl)c(Cl)c4)cc3)CO5)C(=O)O)cc2)cc1. The molecular formula is C47H38Cl2N4O6. The highest BCUT2D eigenvalue weighted by atomic mass is 35.5. The Kier molecular flexibility index (Phi) is 11.8. The summed E-state index contributed by atoms with van der Waals surface area (Å²) in [5, 5.41) is 23.2. The number of aromatic nitrogens is 1. The summed E-state index contributed by atoms with van der Waals surface area (Å²) in [6.07, 6.45) is 1.80. The number of nitriles is 1. The Morgan fingerprint density at radius 3 is 2.31 bits per heavy atom. The fourth-order valence-electron chi connectivity index (χ4n) is 7.34. The summed E-state index contributed by atoms with van der Waals surface area (Å²) in [5.74, 6) is 0.389. The largest absolute Gasteiger partial charge is 0.489 e. The first kappa shape index (κ1) is 39.4. The Balaban J connectivity index is 0.955. The number of carboxylic acid groups (broad SMARTS) is 1. The van der Waals surface area contributed by atoms with Crippen molar-refractivity contribution in [3.63, 3.8) is 0 Å². The molecule has 0 aliphatic carbocycles. The predicted molar refractivity (Wildman–Crippen MR) is 223 cm³/mol. The summed E-state index contributed by atoms with van der Waals surface area (Å²) >= 11 is 12.2. The lowest BCUT2D eigenvalue weighted by Gasteiger charge is -2.37. The topological polar surface area (TPSA) is 134 Å². The van der Waals surface area contributed by atoms with Crippen molar-refractivity contribution in [3.05, 3.63) is 177 Å². The van der Waals surface area contributed by atoms with E-state index in [9.17, 15) is 14.7 Å². The third-order valence-electron chi connectivity index (χ3n) is 10.5. The first-order valence-corrected chi connectivity index (χ1v) is 19.8. The molecule has 0 saturated carbocycles. The number of carbonyl (C=O) groups excluding carboxylic acids is 1. The van der Waals surface area contributed by atoms with Gasteiger partial charge in [-0.25, -0.2) is 4.79 Å². The van der Waals surface area contributed by atoms with Crippen LogP contribution in [0, 0.1) is 11.3 Å². The van der Waals surface area contributed by atoms with E-state index in [0.717, 1.165) is 44.6 Å². The lowest BCUT2D eigenvalue weighted by molar-refractivity contribution is -0.142. The van der Waals surface area contributed by atoms with Crippen molar-refractivity contribution in [2.24, 2.45) is 0 Å². The molecule has 0 spiro atoms. The first-order chi connectivity index (χ1) is 28.7. The van der Waals surface area contributed by atoms with Gasteiger partial charge in [0.05, 0.1) is 33.4 Å².